The second kappa shape index (κ2) is 8.81. The van der Waals surface area contributed by atoms with Gasteiger partial charge in [-0.15, -0.1) is 11.3 Å². The zero-order chi connectivity index (χ0) is 23.0. The van der Waals surface area contributed by atoms with Crippen LogP contribution < -0.4 is 5.32 Å². The predicted molar refractivity (Wildman–Crippen MR) is 127 cm³/mol. The average Bonchev–Trinajstić information content (AvgIpc) is 3.42. The molecule has 4 rings (SSSR count). The summed E-state index contributed by atoms with van der Waals surface area (Å²) in [4.78, 5) is 24.2. The van der Waals surface area contributed by atoms with Crippen molar-refractivity contribution in [3.8, 4) is 6.07 Å². The third-order valence-electron chi connectivity index (χ3n) is 5.54. The maximum Gasteiger partial charge on any atom is 0.235 e. The van der Waals surface area contributed by atoms with E-state index in [0.29, 0.717) is 23.8 Å². The number of thioether (sulfide) groups is 1. The number of carbonyl (C=O) groups is 1. The Labute approximate surface area is 194 Å². The Kier molecular flexibility index (Phi) is 6.09. The lowest BCUT2D eigenvalue weighted by molar-refractivity contribution is -0.113. The number of nitrogens with one attached hydrogen (secondary N) is 1. The number of nitriles is 1. The smallest absolute Gasteiger partial charge is 0.235 e. The first-order chi connectivity index (χ1) is 15.3. The lowest BCUT2D eigenvalue weighted by Gasteiger charge is -2.12. The van der Waals surface area contributed by atoms with E-state index < -0.39 is 0 Å². The van der Waals surface area contributed by atoms with Gasteiger partial charge in [-0.05, 0) is 57.9 Å². The Morgan fingerprint density at radius 1 is 1.25 bits per heavy atom. The maximum absolute atomic E-state index is 12.9. The zero-order valence-corrected chi connectivity index (χ0v) is 20.2. The highest BCUT2D eigenvalue weighted by Crippen LogP contribution is 2.35. The summed E-state index contributed by atoms with van der Waals surface area (Å²) >= 11 is 3.03. The molecule has 0 fully saturated rings. The van der Waals surface area contributed by atoms with Gasteiger partial charge in [0.05, 0.1) is 24.1 Å². The third kappa shape index (κ3) is 4.04. The van der Waals surface area contributed by atoms with Crippen LogP contribution in [0.5, 0.6) is 0 Å². The van der Waals surface area contributed by atoms with Crippen LogP contribution in [0.3, 0.4) is 0 Å². The number of carbonyl (C=O) groups excluding carboxylic acids is 1. The molecule has 9 heteroatoms. The first kappa shape index (κ1) is 22.1. The van der Waals surface area contributed by atoms with Crippen LogP contribution in [-0.2, 0) is 11.3 Å². The molecule has 1 N–H and O–H groups in total. The molecule has 1 amide bonds. The number of hydrogen-bond donors (Lipinski definition) is 1. The van der Waals surface area contributed by atoms with Gasteiger partial charge < -0.3 is 14.3 Å². The highest BCUT2D eigenvalue weighted by molar-refractivity contribution is 8.00. The molecule has 0 aliphatic carbocycles. The van der Waals surface area contributed by atoms with Crippen molar-refractivity contribution < 1.29 is 9.21 Å². The molecule has 0 spiro atoms. The minimum Gasteiger partial charge on any atom is -0.467 e. The lowest BCUT2D eigenvalue weighted by atomic mass is 10.2. The molecule has 0 aliphatic heterocycles. The van der Waals surface area contributed by atoms with Gasteiger partial charge in [0, 0.05) is 16.0 Å². The summed E-state index contributed by atoms with van der Waals surface area (Å²) < 4.78 is 7.38. The summed E-state index contributed by atoms with van der Waals surface area (Å²) in [6.07, 6.45) is 1.61. The van der Waals surface area contributed by atoms with E-state index in [1.165, 1.54) is 16.6 Å². The van der Waals surface area contributed by atoms with E-state index in [-0.39, 0.29) is 11.7 Å². The molecular formula is C23H23N5O2S2. The van der Waals surface area contributed by atoms with Crippen molar-refractivity contribution in [1.82, 2.24) is 14.5 Å². The van der Waals surface area contributed by atoms with E-state index in [0.717, 1.165) is 37.8 Å². The van der Waals surface area contributed by atoms with Crippen molar-refractivity contribution in [2.24, 2.45) is 0 Å². The van der Waals surface area contributed by atoms with E-state index in [1.807, 2.05) is 37.5 Å². The second-order valence-electron chi connectivity index (χ2n) is 7.59. The molecule has 4 aromatic heterocycles. The Bertz CT molecular complexity index is 1360. The SMILES string of the molecule is Cc1nc(SCC(=O)Nc2c(C#N)c(C)c(C)n2Cc2ccco2)c2c(C)c(C)sc2n1. The van der Waals surface area contributed by atoms with E-state index in [9.17, 15) is 10.1 Å². The number of hydrogen-bond acceptors (Lipinski definition) is 7. The van der Waals surface area contributed by atoms with Gasteiger partial charge in [0.2, 0.25) is 5.91 Å². The lowest BCUT2D eigenvalue weighted by Crippen LogP contribution is -2.18. The molecule has 0 saturated heterocycles. The molecule has 0 saturated carbocycles. The van der Waals surface area contributed by atoms with Gasteiger partial charge in [-0.3, -0.25) is 4.79 Å². The Morgan fingerprint density at radius 2 is 2.03 bits per heavy atom. The van der Waals surface area contributed by atoms with Crippen LogP contribution in [-0.4, -0.2) is 26.2 Å². The van der Waals surface area contributed by atoms with Crippen molar-refractivity contribution in [2.45, 2.75) is 46.2 Å². The Hall–Kier alpha value is -3.09. The van der Waals surface area contributed by atoms with Gasteiger partial charge in [-0.2, -0.15) is 5.26 Å². The van der Waals surface area contributed by atoms with Gasteiger partial charge in [-0.25, -0.2) is 9.97 Å². The molecule has 4 aromatic rings. The third-order valence-corrected chi connectivity index (χ3v) is 7.62. The first-order valence-corrected chi connectivity index (χ1v) is 11.9. The number of nitrogens with zero attached hydrogens (tertiary/aromatic N) is 4. The average molecular weight is 466 g/mol. The monoisotopic (exact) mass is 465 g/mol. The zero-order valence-electron chi connectivity index (χ0n) is 18.6. The van der Waals surface area contributed by atoms with Crippen LogP contribution >= 0.6 is 23.1 Å². The minimum atomic E-state index is -0.196. The molecular weight excluding hydrogens is 442 g/mol. The standard InChI is InChI=1S/C23H23N5O2S2/c1-12-14(3)28(10-17-7-6-8-30-17)21(18(12)9-24)27-19(29)11-31-22-20-13(2)15(4)32-23(20)26-16(5)25-22/h6-8H,10-11H2,1-5H3,(H,27,29). The number of anilines is 1. The number of aryl methyl sites for hydroxylation is 3. The molecule has 0 aromatic carbocycles. The van der Waals surface area contributed by atoms with Gasteiger partial charge in [0.1, 0.15) is 33.3 Å². The van der Waals surface area contributed by atoms with Gasteiger partial charge >= 0.3 is 0 Å². The molecule has 0 aliphatic rings. The van der Waals surface area contributed by atoms with Crippen LogP contribution in [0.4, 0.5) is 5.82 Å². The quantitative estimate of drug-likeness (QED) is 0.307. The maximum atomic E-state index is 12.9. The van der Waals surface area contributed by atoms with Crippen LogP contribution in [0, 0.1) is 45.9 Å². The summed E-state index contributed by atoms with van der Waals surface area (Å²) in [6, 6.07) is 5.92. The highest BCUT2D eigenvalue weighted by atomic mass is 32.2. The number of fused-ring (bicyclic) bond motifs is 1. The molecule has 4 heterocycles. The normalized spacial score (nSPS) is 11.1. The molecule has 0 radical (unpaired) electrons. The van der Waals surface area contributed by atoms with E-state index >= 15 is 0 Å². The van der Waals surface area contributed by atoms with Gasteiger partial charge in [0.15, 0.2) is 0 Å². The summed E-state index contributed by atoms with van der Waals surface area (Å²) in [6.45, 7) is 10.2. The highest BCUT2D eigenvalue weighted by Gasteiger charge is 2.21. The summed E-state index contributed by atoms with van der Waals surface area (Å²) in [5.41, 5.74) is 3.38. The Morgan fingerprint density at radius 3 is 2.72 bits per heavy atom. The van der Waals surface area contributed by atoms with Crippen molar-refractivity contribution in [3.05, 3.63) is 57.2 Å². The summed E-state index contributed by atoms with van der Waals surface area (Å²) in [5.74, 6) is 1.91. The minimum absolute atomic E-state index is 0.175. The van der Waals surface area contributed by atoms with E-state index in [4.69, 9.17) is 4.42 Å². The number of amides is 1. The number of furan rings is 1. The summed E-state index contributed by atoms with van der Waals surface area (Å²) in [7, 11) is 0. The molecule has 32 heavy (non-hydrogen) atoms. The van der Waals surface area contributed by atoms with Crippen LogP contribution in [0.25, 0.3) is 10.2 Å². The van der Waals surface area contributed by atoms with Crippen LogP contribution in [0.2, 0.25) is 0 Å². The van der Waals surface area contributed by atoms with Crippen molar-refractivity contribution in [2.75, 3.05) is 11.1 Å². The van der Waals surface area contributed by atoms with E-state index in [1.54, 1.807) is 17.6 Å². The second-order valence-corrected chi connectivity index (χ2v) is 9.75. The van der Waals surface area contributed by atoms with Crippen LogP contribution in [0.1, 0.15) is 38.8 Å². The van der Waals surface area contributed by atoms with Gasteiger partial charge in [-0.1, -0.05) is 11.8 Å². The van der Waals surface area contributed by atoms with Crippen LogP contribution in [0.15, 0.2) is 27.8 Å². The van der Waals surface area contributed by atoms with E-state index in [2.05, 4.69) is 35.2 Å². The first-order valence-electron chi connectivity index (χ1n) is 10.1. The number of rotatable bonds is 6. The molecule has 0 bridgehead atoms. The fourth-order valence-corrected chi connectivity index (χ4v) is 5.68. The van der Waals surface area contributed by atoms with Crippen molar-refractivity contribution in [3.63, 3.8) is 0 Å². The fraction of sp³-hybridized carbons (Fsp3) is 0.304. The topological polar surface area (TPSA) is 96.7 Å². The Balaban J connectivity index is 1.59. The molecule has 0 atom stereocenters. The summed E-state index contributed by atoms with van der Waals surface area (Å²) in [5, 5.41) is 14.5. The predicted octanol–water partition coefficient (Wildman–Crippen LogP) is 5.28. The number of aromatic nitrogens is 3. The molecule has 7 nitrogen and oxygen atoms in total. The number of thiophene rings is 1. The van der Waals surface area contributed by atoms with Crippen molar-refractivity contribution >= 4 is 45.0 Å². The molecule has 164 valence electrons. The fourth-order valence-electron chi connectivity index (χ4n) is 3.61. The molecule has 0 unspecified atom stereocenters. The largest absolute Gasteiger partial charge is 0.467 e. The van der Waals surface area contributed by atoms with Gasteiger partial charge in [0.25, 0.3) is 0 Å². The van der Waals surface area contributed by atoms with Crippen molar-refractivity contribution in [1.29, 1.82) is 5.26 Å².